The summed E-state index contributed by atoms with van der Waals surface area (Å²) in [5, 5.41) is 16.9. The zero-order valence-corrected chi connectivity index (χ0v) is 12.7. The maximum Gasteiger partial charge on any atom is 0.0940 e. The fourth-order valence-corrected chi connectivity index (χ4v) is 3.28. The molecule has 2 aromatic heterocycles. The average Bonchev–Trinajstić information content (AvgIpc) is 3.00. The van der Waals surface area contributed by atoms with Crippen LogP contribution in [0.5, 0.6) is 0 Å². The molecule has 0 amide bonds. The van der Waals surface area contributed by atoms with Crippen LogP contribution >= 0.6 is 11.3 Å². The van der Waals surface area contributed by atoms with Gasteiger partial charge in [-0.3, -0.25) is 4.68 Å². The number of aliphatic hydroxyl groups excluding tert-OH is 1. The summed E-state index contributed by atoms with van der Waals surface area (Å²) in [7, 11) is 0. The quantitative estimate of drug-likeness (QED) is 0.870. The second-order valence-corrected chi connectivity index (χ2v) is 5.89. The van der Waals surface area contributed by atoms with Gasteiger partial charge in [0.15, 0.2) is 0 Å². The van der Waals surface area contributed by atoms with Crippen LogP contribution in [0.25, 0.3) is 0 Å². The van der Waals surface area contributed by atoms with Gasteiger partial charge in [-0.2, -0.15) is 5.10 Å². The lowest BCUT2D eigenvalue weighted by molar-refractivity contribution is 0.180. The Morgan fingerprint density at radius 1 is 1.32 bits per heavy atom. The van der Waals surface area contributed by atoms with Gasteiger partial charge in [-0.05, 0) is 42.8 Å². The van der Waals surface area contributed by atoms with Gasteiger partial charge in [-0.25, -0.2) is 0 Å². The van der Waals surface area contributed by atoms with Crippen LogP contribution in [0, 0.1) is 6.92 Å². The number of aryl methyl sites for hydroxylation is 1. The Morgan fingerprint density at radius 3 is 2.63 bits per heavy atom. The second-order valence-electron chi connectivity index (χ2n) is 4.95. The van der Waals surface area contributed by atoms with Crippen LogP contribution in [-0.2, 0) is 6.42 Å². The molecule has 0 spiro atoms. The summed E-state index contributed by atoms with van der Waals surface area (Å²) in [5.74, 6) is 0. The summed E-state index contributed by atoms with van der Waals surface area (Å²) in [6, 6.07) is 4.53. The van der Waals surface area contributed by atoms with E-state index in [-0.39, 0.29) is 0 Å². The lowest BCUT2D eigenvalue weighted by Gasteiger charge is -2.13. The van der Waals surface area contributed by atoms with E-state index >= 15 is 0 Å². The molecule has 4 heteroatoms. The van der Waals surface area contributed by atoms with Gasteiger partial charge >= 0.3 is 0 Å². The number of thiophene rings is 1. The van der Waals surface area contributed by atoms with E-state index in [1.807, 2.05) is 35.3 Å². The highest BCUT2D eigenvalue weighted by Crippen LogP contribution is 2.26. The third-order valence-electron chi connectivity index (χ3n) is 3.59. The predicted molar refractivity (Wildman–Crippen MR) is 79.6 cm³/mol. The molecule has 0 aliphatic rings. The van der Waals surface area contributed by atoms with E-state index in [4.69, 9.17) is 0 Å². The van der Waals surface area contributed by atoms with Crippen molar-refractivity contribution < 1.29 is 5.11 Å². The number of rotatable bonds is 6. The molecule has 1 atom stereocenters. The second kappa shape index (κ2) is 6.35. The van der Waals surface area contributed by atoms with Gasteiger partial charge in [-0.15, -0.1) is 11.3 Å². The molecule has 2 heterocycles. The Hall–Kier alpha value is -1.13. The number of aromatic nitrogens is 2. The fraction of sp³-hybridized carbons (Fsp3) is 0.533. The smallest absolute Gasteiger partial charge is 0.0940 e. The molecule has 0 saturated heterocycles. The summed E-state index contributed by atoms with van der Waals surface area (Å²) in [5.41, 5.74) is 2.13. The van der Waals surface area contributed by atoms with E-state index in [1.165, 1.54) is 0 Å². The highest BCUT2D eigenvalue weighted by Gasteiger charge is 2.15. The molecule has 0 aliphatic carbocycles. The number of hydrogen-bond donors (Lipinski definition) is 1. The molecule has 19 heavy (non-hydrogen) atoms. The van der Waals surface area contributed by atoms with E-state index < -0.39 is 6.10 Å². The molecule has 0 fully saturated rings. The summed E-state index contributed by atoms with van der Waals surface area (Å²) < 4.78 is 2.03. The van der Waals surface area contributed by atoms with Crippen LogP contribution in [0.3, 0.4) is 0 Å². The van der Waals surface area contributed by atoms with E-state index in [2.05, 4.69) is 18.9 Å². The summed E-state index contributed by atoms with van der Waals surface area (Å²) in [6.07, 6.45) is 4.36. The largest absolute Gasteiger partial charge is 0.387 e. The SMILES string of the molecule is CCC(CC)n1ccc(CC(O)c2sccc2C)n1. The van der Waals surface area contributed by atoms with Gasteiger partial charge in [0.25, 0.3) is 0 Å². The molecule has 0 radical (unpaired) electrons. The van der Waals surface area contributed by atoms with E-state index in [0.717, 1.165) is 29.0 Å². The van der Waals surface area contributed by atoms with Crippen LogP contribution in [0.1, 0.15) is 55.0 Å². The molecule has 1 N–H and O–H groups in total. The van der Waals surface area contributed by atoms with Gasteiger partial charge in [0, 0.05) is 17.5 Å². The minimum atomic E-state index is -0.440. The van der Waals surface area contributed by atoms with Crippen LogP contribution in [0.4, 0.5) is 0 Å². The molecule has 2 rings (SSSR count). The van der Waals surface area contributed by atoms with Crippen molar-refractivity contribution in [1.82, 2.24) is 9.78 Å². The molecular formula is C15H22N2OS. The molecule has 104 valence electrons. The van der Waals surface area contributed by atoms with Crippen molar-refractivity contribution >= 4 is 11.3 Å². The first-order valence-corrected chi connectivity index (χ1v) is 7.79. The van der Waals surface area contributed by atoms with E-state index in [1.54, 1.807) is 11.3 Å². The third kappa shape index (κ3) is 3.25. The zero-order valence-electron chi connectivity index (χ0n) is 11.8. The van der Waals surface area contributed by atoms with Crippen LogP contribution in [0.15, 0.2) is 23.7 Å². The highest BCUT2D eigenvalue weighted by atomic mass is 32.1. The lowest BCUT2D eigenvalue weighted by atomic mass is 10.1. The summed E-state index contributed by atoms with van der Waals surface area (Å²) in [4.78, 5) is 1.05. The predicted octanol–water partition coefficient (Wildman–Crippen LogP) is 3.89. The van der Waals surface area contributed by atoms with E-state index in [9.17, 15) is 5.11 Å². The number of aliphatic hydroxyl groups is 1. The van der Waals surface area contributed by atoms with Crippen molar-refractivity contribution in [3.63, 3.8) is 0 Å². The Bertz CT molecular complexity index is 514. The van der Waals surface area contributed by atoms with Gasteiger partial charge in [-0.1, -0.05) is 13.8 Å². The molecule has 0 aromatic carbocycles. The Kier molecular flexibility index (Phi) is 4.77. The first kappa shape index (κ1) is 14.3. The first-order chi connectivity index (χ1) is 9.15. The van der Waals surface area contributed by atoms with Crippen molar-refractivity contribution in [2.45, 2.75) is 52.2 Å². The maximum absolute atomic E-state index is 10.3. The standard InChI is InChI=1S/C15H22N2OS/c1-4-13(5-2)17-8-6-12(16-17)10-14(18)15-11(3)7-9-19-15/h6-9,13-14,18H,4-5,10H2,1-3H3. The van der Waals surface area contributed by atoms with Crippen molar-refractivity contribution in [1.29, 1.82) is 0 Å². The molecular weight excluding hydrogens is 256 g/mol. The lowest BCUT2D eigenvalue weighted by Crippen LogP contribution is -2.09. The van der Waals surface area contributed by atoms with Crippen molar-refractivity contribution in [2.24, 2.45) is 0 Å². The van der Waals surface area contributed by atoms with Crippen molar-refractivity contribution in [3.05, 3.63) is 39.8 Å². The van der Waals surface area contributed by atoms with Gasteiger partial charge in [0.05, 0.1) is 17.8 Å². The van der Waals surface area contributed by atoms with Gasteiger partial charge in [0.2, 0.25) is 0 Å². The molecule has 2 aromatic rings. The van der Waals surface area contributed by atoms with Crippen LogP contribution in [-0.4, -0.2) is 14.9 Å². The van der Waals surface area contributed by atoms with Crippen LogP contribution < -0.4 is 0 Å². The normalized spacial score (nSPS) is 13.1. The third-order valence-corrected chi connectivity index (χ3v) is 4.71. The topological polar surface area (TPSA) is 38.0 Å². The summed E-state index contributed by atoms with van der Waals surface area (Å²) in [6.45, 7) is 6.40. The molecule has 3 nitrogen and oxygen atoms in total. The first-order valence-electron chi connectivity index (χ1n) is 6.91. The highest BCUT2D eigenvalue weighted by molar-refractivity contribution is 7.10. The van der Waals surface area contributed by atoms with Gasteiger partial charge in [0.1, 0.15) is 0 Å². The number of nitrogens with zero attached hydrogens (tertiary/aromatic N) is 2. The fourth-order valence-electron chi connectivity index (χ4n) is 2.37. The van der Waals surface area contributed by atoms with Crippen molar-refractivity contribution in [3.8, 4) is 0 Å². The molecule has 0 bridgehead atoms. The Labute approximate surface area is 118 Å². The average molecular weight is 278 g/mol. The molecule has 0 aliphatic heterocycles. The van der Waals surface area contributed by atoms with Gasteiger partial charge < -0.3 is 5.11 Å². The molecule has 0 saturated carbocycles. The van der Waals surface area contributed by atoms with Crippen LogP contribution in [0.2, 0.25) is 0 Å². The minimum Gasteiger partial charge on any atom is -0.387 e. The summed E-state index contributed by atoms with van der Waals surface area (Å²) >= 11 is 1.61. The monoisotopic (exact) mass is 278 g/mol. The van der Waals surface area contributed by atoms with Crippen molar-refractivity contribution in [2.75, 3.05) is 0 Å². The Balaban J connectivity index is 2.06. The minimum absolute atomic E-state index is 0.440. The number of hydrogen-bond acceptors (Lipinski definition) is 3. The maximum atomic E-state index is 10.3. The van der Waals surface area contributed by atoms with E-state index in [0.29, 0.717) is 12.5 Å². The Morgan fingerprint density at radius 2 is 2.05 bits per heavy atom. The zero-order chi connectivity index (χ0) is 13.8. The molecule has 1 unspecified atom stereocenters.